The predicted octanol–water partition coefficient (Wildman–Crippen LogP) is 5.47. The van der Waals surface area contributed by atoms with Gasteiger partial charge in [-0.2, -0.15) is 0 Å². The summed E-state index contributed by atoms with van der Waals surface area (Å²) in [7, 11) is 2.03. The summed E-state index contributed by atoms with van der Waals surface area (Å²) in [6, 6.07) is 17.4. The van der Waals surface area contributed by atoms with Crippen molar-refractivity contribution >= 4 is 17.8 Å². The summed E-state index contributed by atoms with van der Waals surface area (Å²) in [5, 5.41) is 18.3. The number of piperazine rings is 1. The minimum atomic E-state index is -0.909. The van der Waals surface area contributed by atoms with E-state index in [0.29, 0.717) is 67.0 Å². The number of carboxylic acids is 2. The van der Waals surface area contributed by atoms with Gasteiger partial charge in [0.15, 0.2) is 0 Å². The summed E-state index contributed by atoms with van der Waals surface area (Å²) in [5.41, 5.74) is 3.24. The van der Waals surface area contributed by atoms with E-state index in [-0.39, 0.29) is 43.2 Å². The van der Waals surface area contributed by atoms with E-state index >= 15 is 0 Å². The minimum Gasteiger partial charge on any atom is -0.493 e. The van der Waals surface area contributed by atoms with Crippen LogP contribution in [0.3, 0.4) is 0 Å². The number of carboxylic acid groups (broad SMARTS) is 2. The number of ether oxygens (including phenoxy) is 2. The topological polar surface area (TPSA) is 117 Å². The second-order valence-electron chi connectivity index (χ2n) is 11.8. The largest absolute Gasteiger partial charge is 0.493 e. The molecule has 0 bridgehead atoms. The van der Waals surface area contributed by atoms with Crippen molar-refractivity contribution < 1.29 is 38.5 Å². The Hall–Kier alpha value is -4.44. The third kappa shape index (κ3) is 8.19. The first-order chi connectivity index (χ1) is 21.7. The quantitative estimate of drug-likeness (QED) is 0.243. The lowest BCUT2D eigenvalue weighted by atomic mass is 9.75. The number of benzene rings is 3. The molecule has 0 radical (unpaired) electrons. The van der Waals surface area contributed by atoms with Crippen LogP contribution in [0.2, 0.25) is 0 Å². The highest BCUT2D eigenvalue weighted by Crippen LogP contribution is 2.43. The molecule has 9 nitrogen and oxygen atoms in total. The molecule has 1 aliphatic heterocycles. The molecule has 1 saturated heterocycles. The molecular weight excluding hydrogens is 579 g/mol. The average molecular weight is 619 g/mol. The van der Waals surface area contributed by atoms with Gasteiger partial charge in [-0.25, -0.2) is 4.39 Å². The van der Waals surface area contributed by atoms with Gasteiger partial charge in [0.05, 0.1) is 12.7 Å². The van der Waals surface area contributed by atoms with Crippen molar-refractivity contribution in [2.24, 2.45) is 0 Å². The Morgan fingerprint density at radius 2 is 1.64 bits per heavy atom. The number of hydrogen-bond donors (Lipinski definition) is 2. The second kappa shape index (κ2) is 14.6. The van der Waals surface area contributed by atoms with Crippen LogP contribution in [-0.4, -0.2) is 83.8 Å². The van der Waals surface area contributed by atoms with Crippen molar-refractivity contribution in [3.05, 3.63) is 83.2 Å². The van der Waals surface area contributed by atoms with E-state index in [0.717, 1.165) is 24.2 Å². The van der Waals surface area contributed by atoms with Crippen molar-refractivity contribution in [3.8, 4) is 22.6 Å². The molecule has 2 aliphatic rings. The molecule has 3 aromatic rings. The van der Waals surface area contributed by atoms with Crippen molar-refractivity contribution in [2.75, 3.05) is 39.8 Å². The number of nitrogens with zero attached hydrogens (tertiary/aromatic N) is 2. The van der Waals surface area contributed by atoms with Crippen LogP contribution in [0.25, 0.3) is 11.1 Å². The molecule has 0 unspecified atom stereocenters. The van der Waals surface area contributed by atoms with Gasteiger partial charge in [-0.15, -0.1) is 0 Å². The van der Waals surface area contributed by atoms with Gasteiger partial charge in [0.1, 0.15) is 17.3 Å². The third-order valence-electron chi connectivity index (χ3n) is 8.52. The highest BCUT2D eigenvalue weighted by Gasteiger charge is 2.34. The first-order valence-electron chi connectivity index (χ1n) is 15.4. The van der Waals surface area contributed by atoms with E-state index in [2.05, 4.69) is 4.90 Å². The normalized spacial score (nSPS) is 18.2. The maximum Gasteiger partial charge on any atom is 0.303 e. The van der Waals surface area contributed by atoms with Gasteiger partial charge in [0, 0.05) is 50.1 Å². The lowest BCUT2D eigenvalue weighted by Crippen LogP contribution is -2.47. The summed E-state index contributed by atoms with van der Waals surface area (Å²) in [6.45, 7) is 3.03. The van der Waals surface area contributed by atoms with Crippen LogP contribution >= 0.6 is 0 Å². The SMILES string of the molecule is CN1CCN(C(=O)c2cc(OC3CC(c4cccc(OCCCC(=O)O)c4CCC(=O)O)C3)cc(-c3ccccc3F)c2)CC1. The lowest BCUT2D eigenvalue weighted by molar-refractivity contribution is -0.138. The Morgan fingerprint density at radius 3 is 2.36 bits per heavy atom. The van der Waals surface area contributed by atoms with Gasteiger partial charge in [-0.05, 0) is 85.7 Å². The third-order valence-corrected chi connectivity index (χ3v) is 8.52. The van der Waals surface area contributed by atoms with E-state index in [1.54, 1.807) is 42.5 Å². The van der Waals surface area contributed by atoms with Crippen molar-refractivity contribution in [1.82, 2.24) is 9.80 Å². The summed E-state index contributed by atoms with van der Waals surface area (Å²) in [5.74, 6) is -1.10. The highest BCUT2D eigenvalue weighted by atomic mass is 19.1. The van der Waals surface area contributed by atoms with Crippen LogP contribution in [0.5, 0.6) is 11.5 Å². The molecule has 45 heavy (non-hydrogen) atoms. The lowest BCUT2D eigenvalue weighted by Gasteiger charge is -2.37. The smallest absolute Gasteiger partial charge is 0.303 e. The van der Waals surface area contributed by atoms with Gasteiger partial charge in [-0.3, -0.25) is 14.4 Å². The van der Waals surface area contributed by atoms with Gasteiger partial charge in [0.25, 0.3) is 5.91 Å². The fraction of sp³-hybridized carbons (Fsp3) is 0.400. The van der Waals surface area contributed by atoms with E-state index in [1.165, 1.54) is 6.07 Å². The summed E-state index contributed by atoms with van der Waals surface area (Å²) >= 11 is 0. The number of halogens is 1. The minimum absolute atomic E-state index is 0.00735. The number of carbonyl (C=O) groups excluding carboxylic acids is 1. The van der Waals surface area contributed by atoms with Crippen LogP contribution in [0.1, 0.15) is 59.5 Å². The Morgan fingerprint density at radius 1 is 0.911 bits per heavy atom. The number of rotatable bonds is 13. The number of carbonyl (C=O) groups is 3. The molecule has 0 spiro atoms. The Balaban J connectivity index is 1.33. The summed E-state index contributed by atoms with van der Waals surface area (Å²) < 4.78 is 27.1. The van der Waals surface area contributed by atoms with Gasteiger partial charge >= 0.3 is 11.9 Å². The molecule has 1 aliphatic carbocycles. The number of likely N-dealkylation sites (N-methyl/N-ethyl adjacent to an activating group) is 1. The molecule has 0 aromatic heterocycles. The van der Waals surface area contributed by atoms with E-state index in [1.807, 2.05) is 24.1 Å². The summed E-state index contributed by atoms with van der Waals surface area (Å²) in [6.07, 6.45) is 1.79. The van der Waals surface area contributed by atoms with E-state index in [9.17, 15) is 23.9 Å². The van der Waals surface area contributed by atoms with Gasteiger partial charge in [0.2, 0.25) is 0 Å². The van der Waals surface area contributed by atoms with Crippen molar-refractivity contribution in [2.45, 2.75) is 50.5 Å². The van der Waals surface area contributed by atoms with Crippen LogP contribution in [0.15, 0.2) is 60.7 Å². The van der Waals surface area contributed by atoms with Crippen LogP contribution < -0.4 is 9.47 Å². The molecule has 2 fully saturated rings. The maximum absolute atomic E-state index is 14.8. The zero-order valence-corrected chi connectivity index (χ0v) is 25.4. The van der Waals surface area contributed by atoms with E-state index < -0.39 is 11.9 Å². The summed E-state index contributed by atoms with van der Waals surface area (Å²) in [4.78, 5) is 39.8. The molecule has 0 atom stereocenters. The first kappa shape index (κ1) is 32.0. The van der Waals surface area contributed by atoms with Crippen LogP contribution in [0, 0.1) is 5.82 Å². The van der Waals surface area contributed by atoms with E-state index in [4.69, 9.17) is 14.6 Å². The molecule has 1 saturated carbocycles. The molecular formula is C35H39FN2O7. The molecule has 3 aromatic carbocycles. The maximum atomic E-state index is 14.8. The molecule has 1 heterocycles. The number of amides is 1. The molecule has 10 heteroatoms. The molecule has 238 valence electrons. The highest BCUT2D eigenvalue weighted by molar-refractivity contribution is 5.96. The average Bonchev–Trinajstić information content (AvgIpc) is 3.00. The van der Waals surface area contributed by atoms with Crippen molar-refractivity contribution in [1.29, 1.82) is 0 Å². The first-order valence-corrected chi connectivity index (χ1v) is 15.4. The standard InChI is InChI=1S/C35H39FN2O7/c1-37-13-15-38(16-14-37)35(43)25-18-23(29-6-2-3-8-31(29)36)19-27(22-25)45-26-20-24(21-26)28-7-4-9-32(30(28)11-12-34(41)42)44-17-5-10-33(39)40/h2-4,6-9,18-19,22,24,26H,5,10-17,20-21H2,1H3,(H,39,40)(H,41,42). The van der Waals surface area contributed by atoms with Gasteiger partial charge in [-0.1, -0.05) is 30.3 Å². The molecule has 5 rings (SSSR count). The fourth-order valence-corrected chi connectivity index (χ4v) is 5.95. The number of hydrogen-bond acceptors (Lipinski definition) is 6. The zero-order chi connectivity index (χ0) is 31.9. The Bertz CT molecular complexity index is 1530. The fourth-order valence-electron chi connectivity index (χ4n) is 5.95. The molecule has 1 amide bonds. The molecule has 2 N–H and O–H groups in total. The van der Waals surface area contributed by atoms with Gasteiger partial charge < -0.3 is 29.5 Å². The Labute approximate surface area is 262 Å². The predicted molar refractivity (Wildman–Crippen MR) is 166 cm³/mol. The zero-order valence-electron chi connectivity index (χ0n) is 25.4. The monoisotopic (exact) mass is 618 g/mol. The van der Waals surface area contributed by atoms with Crippen molar-refractivity contribution in [3.63, 3.8) is 0 Å². The second-order valence-corrected chi connectivity index (χ2v) is 11.8. The van der Waals surface area contributed by atoms with Crippen LogP contribution in [0.4, 0.5) is 4.39 Å². The van der Waals surface area contributed by atoms with Crippen LogP contribution in [-0.2, 0) is 16.0 Å². The Kier molecular flexibility index (Phi) is 10.3. The number of aliphatic carboxylic acids is 2.